The Bertz CT molecular complexity index is 556. The van der Waals surface area contributed by atoms with Crippen LogP contribution in [0.5, 0.6) is 0 Å². The van der Waals surface area contributed by atoms with Gasteiger partial charge in [0.25, 0.3) is 0 Å². The second kappa shape index (κ2) is 6.88. The van der Waals surface area contributed by atoms with Crippen molar-refractivity contribution in [3.8, 4) is 0 Å². The summed E-state index contributed by atoms with van der Waals surface area (Å²) < 4.78 is 26.7. The molecule has 0 spiro atoms. The monoisotopic (exact) mass is 303 g/mol. The Hall–Kier alpha value is -1.11. The molecular formula is C12H18ClN3O2S. The van der Waals surface area contributed by atoms with E-state index in [4.69, 9.17) is 11.6 Å². The SMILES string of the molecule is Cc1ccc(/N=C/N(C)C)c(S(=O)(=O)NCCCl)c1. The summed E-state index contributed by atoms with van der Waals surface area (Å²) in [6, 6.07) is 5.10. The molecule has 0 fully saturated rings. The first-order chi connectivity index (χ1) is 8.86. The van der Waals surface area contributed by atoms with E-state index in [1.807, 2.05) is 27.1 Å². The van der Waals surface area contributed by atoms with Gasteiger partial charge in [0.05, 0.1) is 12.0 Å². The second-order valence-corrected chi connectivity index (χ2v) is 6.38. The highest BCUT2D eigenvalue weighted by atomic mass is 35.5. The molecule has 0 aromatic heterocycles. The molecule has 0 radical (unpaired) electrons. The zero-order valence-electron chi connectivity index (χ0n) is 11.2. The fourth-order valence-corrected chi connectivity index (χ4v) is 2.84. The van der Waals surface area contributed by atoms with Crippen LogP contribution in [0.25, 0.3) is 0 Å². The van der Waals surface area contributed by atoms with Crippen LogP contribution in [0.4, 0.5) is 5.69 Å². The fraction of sp³-hybridized carbons (Fsp3) is 0.417. The van der Waals surface area contributed by atoms with E-state index < -0.39 is 10.0 Å². The first kappa shape index (κ1) is 15.9. The van der Waals surface area contributed by atoms with E-state index in [9.17, 15) is 8.42 Å². The van der Waals surface area contributed by atoms with Gasteiger partial charge in [-0.1, -0.05) is 6.07 Å². The second-order valence-electron chi connectivity index (χ2n) is 4.27. The van der Waals surface area contributed by atoms with E-state index in [0.29, 0.717) is 5.69 Å². The van der Waals surface area contributed by atoms with Crippen LogP contribution < -0.4 is 4.72 Å². The lowest BCUT2D eigenvalue weighted by Crippen LogP contribution is -2.25. The van der Waals surface area contributed by atoms with Crippen LogP contribution in [0.2, 0.25) is 0 Å². The van der Waals surface area contributed by atoms with Crippen molar-refractivity contribution >= 4 is 33.7 Å². The summed E-state index contributed by atoms with van der Waals surface area (Å²) in [5, 5.41) is 0. The van der Waals surface area contributed by atoms with Crippen LogP contribution in [0.3, 0.4) is 0 Å². The van der Waals surface area contributed by atoms with Gasteiger partial charge in [0.15, 0.2) is 0 Å². The average Bonchev–Trinajstić information content (AvgIpc) is 2.34. The van der Waals surface area contributed by atoms with Gasteiger partial charge in [-0.2, -0.15) is 0 Å². The first-order valence-corrected chi connectivity index (χ1v) is 7.75. The van der Waals surface area contributed by atoms with Crippen LogP contribution in [0.1, 0.15) is 5.56 Å². The molecule has 5 nitrogen and oxygen atoms in total. The topological polar surface area (TPSA) is 61.8 Å². The number of halogens is 1. The Kier molecular flexibility index (Phi) is 5.78. The van der Waals surface area contributed by atoms with E-state index in [0.717, 1.165) is 5.56 Å². The minimum atomic E-state index is -3.59. The Morgan fingerprint density at radius 2 is 2.11 bits per heavy atom. The summed E-state index contributed by atoms with van der Waals surface area (Å²) in [6.45, 7) is 2.02. The van der Waals surface area contributed by atoms with Crippen molar-refractivity contribution in [3.05, 3.63) is 23.8 Å². The van der Waals surface area contributed by atoms with E-state index >= 15 is 0 Å². The summed E-state index contributed by atoms with van der Waals surface area (Å²) in [5.41, 5.74) is 1.26. The van der Waals surface area contributed by atoms with Crippen molar-refractivity contribution in [2.45, 2.75) is 11.8 Å². The van der Waals surface area contributed by atoms with E-state index in [1.165, 1.54) is 0 Å². The highest BCUT2D eigenvalue weighted by Gasteiger charge is 2.17. The van der Waals surface area contributed by atoms with E-state index in [1.54, 1.807) is 23.4 Å². The molecule has 106 valence electrons. The maximum Gasteiger partial charge on any atom is 0.242 e. The van der Waals surface area contributed by atoms with Gasteiger partial charge in [-0.3, -0.25) is 0 Å². The summed E-state index contributed by atoms with van der Waals surface area (Å²) in [7, 11) is 0.0440. The normalized spacial score (nSPS) is 12.0. The Labute approximate surface area is 119 Å². The number of alkyl halides is 1. The summed E-state index contributed by atoms with van der Waals surface area (Å²) in [4.78, 5) is 6.07. The Balaban J connectivity index is 3.21. The van der Waals surface area contributed by atoms with E-state index in [2.05, 4.69) is 9.71 Å². The van der Waals surface area contributed by atoms with Gasteiger partial charge in [-0.25, -0.2) is 18.1 Å². The largest absolute Gasteiger partial charge is 0.369 e. The minimum Gasteiger partial charge on any atom is -0.369 e. The van der Waals surface area contributed by atoms with Crippen LogP contribution in [-0.4, -0.2) is 46.2 Å². The molecule has 1 aromatic rings. The number of aryl methyl sites for hydroxylation is 1. The van der Waals surface area contributed by atoms with Gasteiger partial charge in [-0.05, 0) is 24.6 Å². The molecule has 0 atom stereocenters. The molecule has 7 heteroatoms. The van der Waals surface area contributed by atoms with Gasteiger partial charge < -0.3 is 4.90 Å². The molecule has 1 N–H and O–H groups in total. The lowest BCUT2D eigenvalue weighted by atomic mass is 10.2. The number of nitrogens with zero attached hydrogens (tertiary/aromatic N) is 2. The molecule has 0 saturated heterocycles. The van der Waals surface area contributed by atoms with Crippen molar-refractivity contribution in [2.24, 2.45) is 4.99 Å². The average molecular weight is 304 g/mol. The van der Waals surface area contributed by atoms with Crippen molar-refractivity contribution in [1.29, 1.82) is 0 Å². The van der Waals surface area contributed by atoms with Crippen molar-refractivity contribution in [1.82, 2.24) is 9.62 Å². The van der Waals surface area contributed by atoms with Crippen LogP contribution >= 0.6 is 11.6 Å². The molecule has 1 rings (SSSR count). The molecule has 0 bridgehead atoms. The number of rotatable bonds is 6. The van der Waals surface area contributed by atoms with Crippen molar-refractivity contribution < 1.29 is 8.42 Å². The number of benzene rings is 1. The first-order valence-electron chi connectivity index (χ1n) is 5.73. The summed E-state index contributed by atoms with van der Waals surface area (Å²) in [6.07, 6.45) is 1.56. The van der Waals surface area contributed by atoms with Crippen LogP contribution in [0, 0.1) is 6.92 Å². The van der Waals surface area contributed by atoms with Crippen LogP contribution in [0.15, 0.2) is 28.1 Å². The molecule has 0 saturated carbocycles. The molecule has 0 aliphatic rings. The van der Waals surface area contributed by atoms with Gasteiger partial charge in [0, 0.05) is 26.5 Å². The lowest BCUT2D eigenvalue weighted by molar-refractivity contribution is 0.584. The third kappa shape index (κ3) is 4.81. The number of hydrogen-bond donors (Lipinski definition) is 1. The Morgan fingerprint density at radius 1 is 1.42 bits per heavy atom. The molecule has 0 aliphatic carbocycles. The molecule has 1 aromatic carbocycles. The smallest absolute Gasteiger partial charge is 0.242 e. The predicted octanol–water partition coefficient (Wildman–Crippen LogP) is 1.73. The highest BCUT2D eigenvalue weighted by molar-refractivity contribution is 7.89. The molecule has 0 aliphatic heterocycles. The Morgan fingerprint density at radius 3 is 2.68 bits per heavy atom. The standard InChI is InChI=1S/C12H18ClN3O2S/c1-10-4-5-11(14-9-16(2)3)12(8-10)19(17,18)15-7-6-13/h4-5,8-9,15H,6-7H2,1-3H3/b14-9+. The summed E-state index contributed by atoms with van der Waals surface area (Å²) >= 11 is 5.51. The fourth-order valence-electron chi connectivity index (χ4n) is 1.37. The maximum atomic E-state index is 12.2. The third-order valence-electron chi connectivity index (χ3n) is 2.22. The molecule has 0 unspecified atom stereocenters. The van der Waals surface area contributed by atoms with Gasteiger partial charge >= 0.3 is 0 Å². The zero-order valence-corrected chi connectivity index (χ0v) is 12.8. The third-order valence-corrected chi connectivity index (χ3v) is 3.90. The molecular weight excluding hydrogens is 286 g/mol. The quantitative estimate of drug-likeness (QED) is 0.494. The number of aliphatic imine (C=N–C) groups is 1. The van der Waals surface area contributed by atoms with Gasteiger partial charge in [0.2, 0.25) is 10.0 Å². The minimum absolute atomic E-state index is 0.163. The highest BCUT2D eigenvalue weighted by Crippen LogP contribution is 2.25. The van der Waals surface area contributed by atoms with Crippen LogP contribution in [-0.2, 0) is 10.0 Å². The molecule has 0 heterocycles. The lowest BCUT2D eigenvalue weighted by Gasteiger charge is -2.10. The van der Waals surface area contributed by atoms with Crippen molar-refractivity contribution in [3.63, 3.8) is 0 Å². The zero-order chi connectivity index (χ0) is 14.5. The van der Waals surface area contributed by atoms with Gasteiger partial charge in [-0.15, -0.1) is 11.6 Å². The number of sulfonamides is 1. The summed E-state index contributed by atoms with van der Waals surface area (Å²) in [5.74, 6) is 0.224. The predicted molar refractivity (Wildman–Crippen MR) is 78.9 cm³/mol. The van der Waals surface area contributed by atoms with E-state index in [-0.39, 0.29) is 17.3 Å². The maximum absolute atomic E-state index is 12.2. The number of hydrogen-bond acceptors (Lipinski definition) is 3. The van der Waals surface area contributed by atoms with Crippen molar-refractivity contribution in [2.75, 3.05) is 26.5 Å². The molecule has 19 heavy (non-hydrogen) atoms. The number of nitrogens with one attached hydrogen (secondary N) is 1. The molecule has 0 amide bonds. The van der Waals surface area contributed by atoms with Gasteiger partial charge in [0.1, 0.15) is 4.90 Å².